The van der Waals surface area contributed by atoms with E-state index in [-0.39, 0.29) is 36.4 Å². The predicted molar refractivity (Wildman–Crippen MR) is 118 cm³/mol. The van der Waals surface area contributed by atoms with Crippen molar-refractivity contribution in [1.29, 1.82) is 0 Å². The zero-order valence-corrected chi connectivity index (χ0v) is 18.7. The normalized spacial score (nSPS) is 12.8. The van der Waals surface area contributed by atoms with Gasteiger partial charge in [-0.15, -0.1) is 10.2 Å². The molecule has 0 atom stereocenters. The lowest BCUT2D eigenvalue weighted by atomic mass is 10.1. The van der Waals surface area contributed by atoms with Crippen LogP contribution in [0.3, 0.4) is 0 Å². The molecule has 3 heterocycles. The van der Waals surface area contributed by atoms with Crippen LogP contribution in [0, 0.1) is 11.6 Å². The van der Waals surface area contributed by atoms with Crippen molar-refractivity contribution in [2.24, 2.45) is 4.99 Å². The fraction of sp³-hybridized carbons (Fsp3) is 0.409. The minimum atomic E-state index is -0.686. The number of unbranched alkanes of at least 4 members (excludes halogenated alkanes) is 1. The summed E-state index contributed by atoms with van der Waals surface area (Å²) in [6.45, 7) is 2.64. The van der Waals surface area contributed by atoms with Crippen molar-refractivity contribution in [3.05, 3.63) is 73.6 Å². The van der Waals surface area contributed by atoms with Crippen LogP contribution in [0.5, 0.6) is 0 Å². The van der Waals surface area contributed by atoms with Crippen LogP contribution in [0.2, 0.25) is 0 Å². The van der Waals surface area contributed by atoms with E-state index in [1.807, 2.05) is 6.92 Å². The summed E-state index contributed by atoms with van der Waals surface area (Å²) in [6.07, 6.45) is 2.65. The molecule has 1 aliphatic heterocycles. The van der Waals surface area contributed by atoms with Gasteiger partial charge in [-0.05, 0) is 24.5 Å². The Morgan fingerprint density at radius 1 is 1.09 bits per heavy atom. The average Bonchev–Trinajstić information content (AvgIpc) is 3.39. The molecule has 0 aliphatic carbocycles. The highest BCUT2D eigenvalue weighted by Gasteiger charge is 2.24. The van der Waals surface area contributed by atoms with Crippen LogP contribution < -0.4 is 11.2 Å². The maximum absolute atomic E-state index is 13.8. The summed E-state index contributed by atoms with van der Waals surface area (Å²) >= 11 is 6.04. The third-order valence-corrected chi connectivity index (χ3v) is 5.63. The molecule has 2 aromatic heterocycles. The van der Waals surface area contributed by atoms with Gasteiger partial charge in [-0.25, -0.2) is 18.6 Å². The second kappa shape index (κ2) is 9.78. The van der Waals surface area contributed by atoms with E-state index in [0.29, 0.717) is 41.8 Å². The number of fused-ring (bicyclic) bond motifs is 1. The lowest BCUT2D eigenvalue weighted by Crippen LogP contribution is -2.41. The van der Waals surface area contributed by atoms with E-state index in [1.54, 1.807) is 0 Å². The van der Waals surface area contributed by atoms with Crippen molar-refractivity contribution < 1.29 is 13.2 Å². The van der Waals surface area contributed by atoms with Gasteiger partial charge in [-0.2, -0.15) is 0 Å². The summed E-state index contributed by atoms with van der Waals surface area (Å²) in [5.74, 6) is -0.492. The first-order chi connectivity index (χ1) is 15.9. The summed E-state index contributed by atoms with van der Waals surface area (Å²) < 4.78 is 35.1. The van der Waals surface area contributed by atoms with Crippen molar-refractivity contribution in [2.75, 3.05) is 0 Å². The van der Waals surface area contributed by atoms with Gasteiger partial charge in [-0.3, -0.25) is 13.9 Å². The van der Waals surface area contributed by atoms with Gasteiger partial charge in [0.05, 0.1) is 12.0 Å². The Kier molecular flexibility index (Phi) is 6.83. The molecule has 0 fully saturated rings. The number of rotatable bonds is 9. The van der Waals surface area contributed by atoms with Crippen LogP contribution in [0.4, 0.5) is 14.6 Å². The van der Waals surface area contributed by atoms with E-state index in [4.69, 9.17) is 16.0 Å². The Balaban J connectivity index is 1.46. The second-order valence-corrected chi connectivity index (χ2v) is 8.25. The number of hydrogen-bond donors (Lipinski definition) is 0. The van der Waals surface area contributed by atoms with E-state index >= 15 is 0 Å². The number of aliphatic imine (C=N–C) groups is 1. The Bertz CT molecular complexity index is 1330. The quantitative estimate of drug-likeness (QED) is 0.470. The van der Waals surface area contributed by atoms with Gasteiger partial charge >= 0.3 is 5.69 Å². The van der Waals surface area contributed by atoms with Crippen molar-refractivity contribution >= 4 is 22.6 Å². The van der Waals surface area contributed by atoms with E-state index in [1.165, 1.54) is 15.2 Å². The standard InChI is InChI=1S/C22H22ClF2N5O3/c1-2-3-8-29-20-15(12-17(23)26-20)21(31)30(22(29)32)9-4-5-18-27-28-19(33-18)10-13-6-7-14(24)11-16(13)25/h6-7,11H,2-5,8-10,12H2,1H3. The van der Waals surface area contributed by atoms with Gasteiger partial charge in [0.25, 0.3) is 5.56 Å². The second-order valence-electron chi connectivity index (χ2n) is 7.82. The van der Waals surface area contributed by atoms with E-state index in [2.05, 4.69) is 15.2 Å². The van der Waals surface area contributed by atoms with Crippen LogP contribution >= 0.6 is 11.6 Å². The van der Waals surface area contributed by atoms with E-state index in [0.717, 1.165) is 25.0 Å². The van der Waals surface area contributed by atoms with Gasteiger partial charge in [0.15, 0.2) is 0 Å². The molecule has 0 N–H and O–H groups in total. The third-order valence-electron chi connectivity index (χ3n) is 5.41. The molecule has 3 aromatic rings. The molecule has 11 heteroatoms. The highest BCUT2D eigenvalue weighted by Crippen LogP contribution is 2.24. The molecular weight excluding hydrogens is 456 g/mol. The maximum Gasteiger partial charge on any atom is 0.332 e. The number of aryl methyl sites for hydroxylation is 1. The molecule has 0 saturated heterocycles. The summed E-state index contributed by atoms with van der Waals surface area (Å²) in [4.78, 5) is 30.0. The first-order valence-corrected chi connectivity index (χ1v) is 11.1. The summed E-state index contributed by atoms with van der Waals surface area (Å²) in [5, 5.41) is 8.13. The zero-order chi connectivity index (χ0) is 23.5. The van der Waals surface area contributed by atoms with Crippen molar-refractivity contribution in [1.82, 2.24) is 19.3 Å². The molecule has 174 valence electrons. The van der Waals surface area contributed by atoms with E-state index < -0.39 is 17.3 Å². The van der Waals surface area contributed by atoms with Gasteiger partial charge in [-0.1, -0.05) is 31.0 Å². The molecule has 0 unspecified atom stereocenters. The highest BCUT2D eigenvalue weighted by atomic mass is 35.5. The lowest BCUT2D eigenvalue weighted by molar-refractivity contribution is 0.437. The summed E-state index contributed by atoms with van der Waals surface area (Å²) in [5.41, 5.74) is -0.137. The smallest absolute Gasteiger partial charge is 0.332 e. The van der Waals surface area contributed by atoms with Gasteiger partial charge in [0.1, 0.15) is 22.6 Å². The third kappa shape index (κ3) is 4.95. The Morgan fingerprint density at radius 3 is 2.61 bits per heavy atom. The maximum atomic E-state index is 13.8. The summed E-state index contributed by atoms with van der Waals surface area (Å²) in [6, 6.07) is 3.29. The topological polar surface area (TPSA) is 95.3 Å². The van der Waals surface area contributed by atoms with E-state index in [9.17, 15) is 18.4 Å². The van der Waals surface area contributed by atoms with Gasteiger partial charge in [0, 0.05) is 32.0 Å². The Hall–Kier alpha value is -3.14. The predicted octanol–water partition coefficient (Wildman–Crippen LogP) is 3.52. The van der Waals surface area contributed by atoms with Crippen LogP contribution in [-0.4, -0.2) is 24.5 Å². The lowest BCUT2D eigenvalue weighted by Gasteiger charge is -2.13. The molecule has 1 aliphatic rings. The summed E-state index contributed by atoms with van der Waals surface area (Å²) in [7, 11) is 0. The van der Waals surface area contributed by atoms with Crippen LogP contribution in [0.15, 0.2) is 37.2 Å². The highest BCUT2D eigenvalue weighted by molar-refractivity contribution is 6.66. The SMILES string of the molecule is CCCCn1c2c(c(=O)n(CCCc3nnc(Cc4ccc(F)cc4F)o3)c1=O)CC(Cl)=N2. The number of aromatic nitrogens is 4. The monoisotopic (exact) mass is 477 g/mol. The minimum Gasteiger partial charge on any atom is -0.425 e. The fourth-order valence-electron chi connectivity index (χ4n) is 3.72. The molecule has 4 rings (SSSR count). The molecule has 0 bridgehead atoms. The van der Waals surface area contributed by atoms with Crippen LogP contribution in [-0.2, 0) is 32.4 Å². The molecule has 0 saturated carbocycles. The molecule has 0 radical (unpaired) electrons. The molecule has 0 spiro atoms. The van der Waals surface area contributed by atoms with Crippen molar-refractivity contribution in [2.45, 2.75) is 58.5 Å². The first kappa shape index (κ1) is 23.0. The minimum absolute atomic E-state index is 0.0340. The number of nitrogens with zero attached hydrogens (tertiary/aromatic N) is 5. The van der Waals surface area contributed by atoms with Gasteiger partial charge < -0.3 is 4.42 Å². The fourth-order valence-corrected chi connectivity index (χ4v) is 3.93. The Morgan fingerprint density at radius 2 is 1.85 bits per heavy atom. The van der Waals surface area contributed by atoms with Crippen molar-refractivity contribution in [3.63, 3.8) is 0 Å². The van der Waals surface area contributed by atoms with Crippen molar-refractivity contribution in [3.8, 4) is 0 Å². The van der Waals surface area contributed by atoms with Crippen LogP contribution in [0.25, 0.3) is 0 Å². The molecular formula is C22H22ClF2N5O3. The number of halogens is 3. The largest absolute Gasteiger partial charge is 0.425 e. The molecule has 8 nitrogen and oxygen atoms in total. The van der Waals surface area contributed by atoms with Gasteiger partial charge in [0.2, 0.25) is 11.8 Å². The molecule has 0 amide bonds. The van der Waals surface area contributed by atoms with Crippen LogP contribution in [0.1, 0.15) is 49.1 Å². The number of hydrogen-bond acceptors (Lipinski definition) is 6. The average molecular weight is 478 g/mol. The molecule has 33 heavy (non-hydrogen) atoms. The Labute approximate surface area is 192 Å². The zero-order valence-electron chi connectivity index (χ0n) is 18.0. The first-order valence-electron chi connectivity index (χ1n) is 10.7. The number of benzene rings is 1. The molecule has 1 aromatic carbocycles.